The van der Waals surface area contributed by atoms with E-state index in [0.717, 1.165) is 43.2 Å². The first-order valence-corrected chi connectivity index (χ1v) is 8.93. The van der Waals surface area contributed by atoms with E-state index in [1.165, 1.54) is 4.70 Å². The molecule has 1 amide bonds. The van der Waals surface area contributed by atoms with Gasteiger partial charge in [-0.25, -0.2) is 4.98 Å². The summed E-state index contributed by atoms with van der Waals surface area (Å²) in [5, 5.41) is 1.05. The maximum absolute atomic E-state index is 12.6. The minimum Gasteiger partial charge on any atom is -0.346 e. The summed E-state index contributed by atoms with van der Waals surface area (Å²) in [6.45, 7) is 3.25. The second-order valence-corrected chi connectivity index (χ2v) is 6.84. The number of hydrogen-bond acceptors (Lipinski definition) is 5. The van der Waals surface area contributed by atoms with E-state index in [9.17, 15) is 4.79 Å². The number of aromatic nitrogens is 2. The second-order valence-electron chi connectivity index (χ2n) is 5.83. The van der Waals surface area contributed by atoms with Gasteiger partial charge in [-0.3, -0.25) is 9.78 Å². The van der Waals surface area contributed by atoms with Gasteiger partial charge in [0.25, 0.3) is 5.91 Å². The molecular weight excluding hydrogens is 320 g/mol. The molecule has 0 atom stereocenters. The Bertz CT molecular complexity index is 815. The van der Waals surface area contributed by atoms with E-state index in [0.29, 0.717) is 5.56 Å². The number of pyridine rings is 1. The first-order chi connectivity index (χ1) is 11.8. The van der Waals surface area contributed by atoms with Gasteiger partial charge in [0.2, 0.25) is 0 Å². The number of para-hydroxylation sites is 1. The minimum atomic E-state index is 0.0866. The van der Waals surface area contributed by atoms with Crippen molar-refractivity contribution in [1.29, 1.82) is 0 Å². The first-order valence-electron chi connectivity index (χ1n) is 8.11. The summed E-state index contributed by atoms with van der Waals surface area (Å²) in [7, 11) is 0. The van der Waals surface area contributed by atoms with E-state index < -0.39 is 0 Å². The van der Waals surface area contributed by atoms with E-state index >= 15 is 0 Å². The minimum absolute atomic E-state index is 0.0866. The van der Waals surface area contributed by atoms with Crippen molar-refractivity contribution in [3.8, 4) is 0 Å². The molecule has 2 aromatic heterocycles. The van der Waals surface area contributed by atoms with Gasteiger partial charge in [-0.1, -0.05) is 23.5 Å². The van der Waals surface area contributed by atoms with E-state index in [2.05, 4.69) is 16.0 Å². The summed E-state index contributed by atoms with van der Waals surface area (Å²) < 4.78 is 1.21. The summed E-state index contributed by atoms with van der Waals surface area (Å²) in [5.41, 5.74) is 1.75. The smallest absolute Gasteiger partial charge is 0.254 e. The zero-order valence-corrected chi connectivity index (χ0v) is 14.1. The van der Waals surface area contributed by atoms with Crippen molar-refractivity contribution in [1.82, 2.24) is 14.9 Å². The molecule has 0 radical (unpaired) electrons. The fourth-order valence-electron chi connectivity index (χ4n) is 2.98. The molecule has 0 spiro atoms. The van der Waals surface area contributed by atoms with Crippen LogP contribution in [0, 0.1) is 0 Å². The third-order valence-electron chi connectivity index (χ3n) is 4.26. The SMILES string of the molecule is O=C(c1ccncc1)N1CCCN(c2nc3ccccc3s2)CC1. The lowest BCUT2D eigenvalue weighted by Crippen LogP contribution is -2.35. The standard InChI is InChI=1S/C18H18N4OS/c23-17(14-6-8-19-9-7-14)21-10-3-11-22(13-12-21)18-20-15-4-1-2-5-16(15)24-18/h1-2,4-9H,3,10-13H2. The molecule has 3 aromatic rings. The highest BCUT2D eigenvalue weighted by molar-refractivity contribution is 7.22. The molecule has 0 N–H and O–H groups in total. The van der Waals surface area contributed by atoms with Crippen LogP contribution in [0.4, 0.5) is 5.13 Å². The molecule has 0 aliphatic carbocycles. The molecule has 1 aliphatic rings. The molecule has 24 heavy (non-hydrogen) atoms. The molecule has 0 saturated carbocycles. The van der Waals surface area contributed by atoms with Gasteiger partial charge < -0.3 is 9.80 Å². The highest BCUT2D eigenvalue weighted by Gasteiger charge is 2.21. The monoisotopic (exact) mass is 338 g/mol. The van der Waals surface area contributed by atoms with Crippen LogP contribution in [0.2, 0.25) is 0 Å². The summed E-state index contributed by atoms with van der Waals surface area (Å²) >= 11 is 1.72. The highest BCUT2D eigenvalue weighted by atomic mass is 32.1. The van der Waals surface area contributed by atoms with Crippen molar-refractivity contribution >= 4 is 32.6 Å². The zero-order valence-electron chi connectivity index (χ0n) is 13.3. The Morgan fingerprint density at radius 2 is 1.83 bits per heavy atom. The summed E-state index contributed by atoms with van der Waals surface area (Å²) in [4.78, 5) is 25.5. The van der Waals surface area contributed by atoms with E-state index in [-0.39, 0.29) is 5.91 Å². The van der Waals surface area contributed by atoms with Crippen LogP contribution < -0.4 is 4.90 Å². The molecule has 0 bridgehead atoms. The molecule has 1 saturated heterocycles. The van der Waals surface area contributed by atoms with E-state index in [1.807, 2.05) is 23.1 Å². The van der Waals surface area contributed by atoms with Crippen molar-refractivity contribution < 1.29 is 4.79 Å². The van der Waals surface area contributed by atoms with Gasteiger partial charge >= 0.3 is 0 Å². The summed E-state index contributed by atoms with van der Waals surface area (Å²) in [6.07, 6.45) is 4.28. The van der Waals surface area contributed by atoms with Gasteiger partial charge in [0.15, 0.2) is 5.13 Å². The Hall–Kier alpha value is -2.47. The maximum atomic E-state index is 12.6. The fraction of sp³-hybridized carbons (Fsp3) is 0.278. The fourth-order valence-corrected chi connectivity index (χ4v) is 4.00. The van der Waals surface area contributed by atoms with Crippen LogP contribution in [0.15, 0.2) is 48.8 Å². The third-order valence-corrected chi connectivity index (χ3v) is 5.36. The van der Waals surface area contributed by atoms with Crippen molar-refractivity contribution in [2.45, 2.75) is 6.42 Å². The van der Waals surface area contributed by atoms with Gasteiger partial charge in [-0.15, -0.1) is 0 Å². The molecule has 0 unspecified atom stereocenters. The van der Waals surface area contributed by atoms with Crippen LogP contribution in [-0.2, 0) is 0 Å². The van der Waals surface area contributed by atoms with Gasteiger partial charge in [-0.05, 0) is 30.7 Å². The summed E-state index contributed by atoms with van der Waals surface area (Å²) in [5.74, 6) is 0.0866. The summed E-state index contributed by atoms with van der Waals surface area (Å²) in [6, 6.07) is 11.8. The van der Waals surface area contributed by atoms with Gasteiger partial charge in [0.1, 0.15) is 0 Å². The number of thiazole rings is 1. The third kappa shape index (κ3) is 2.97. The molecule has 1 fully saturated rings. The molecule has 1 aliphatic heterocycles. The Morgan fingerprint density at radius 3 is 2.67 bits per heavy atom. The number of amides is 1. The van der Waals surface area contributed by atoms with Crippen LogP contribution in [0.25, 0.3) is 10.2 Å². The number of fused-ring (bicyclic) bond motifs is 1. The largest absolute Gasteiger partial charge is 0.346 e. The van der Waals surface area contributed by atoms with Crippen molar-refractivity contribution in [2.24, 2.45) is 0 Å². The number of hydrogen-bond donors (Lipinski definition) is 0. The second kappa shape index (κ2) is 6.57. The van der Waals surface area contributed by atoms with E-state index in [1.54, 1.807) is 35.9 Å². The zero-order chi connectivity index (χ0) is 16.4. The van der Waals surface area contributed by atoms with Crippen LogP contribution in [0.3, 0.4) is 0 Å². The van der Waals surface area contributed by atoms with Crippen LogP contribution in [0.5, 0.6) is 0 Å². The first kappa shape index (κ1) is 15.1. The Kier molecular flexibility index (Phi) is 4.13. The molecule has 6 heteroatoms. The molecule has 122 valence electrons. The van der Waals surface area contributed by atoms with Crippen LogP contribution in [-0.4, -0.2) is 47.0 Å². The quantitative estimate of drug-likeness (QED) is 0.721. The Labute approximate surface area is 144 Å². The predicted octanol–water partition coefficient (Wildman–Crippen LogP) is 3.04. The number of rotatable bonds is 2. The number of benzene rings is 1. The normalized spacial score (nSPS) is 15.5. The van der Waals surface area contributed by atoms with Crippen LogP contribution in [0.1, 0.15) is 16.8 Å². The van der Waals surface area contributed by atoms with Crippen molar-refractivity contribution in [2.75, 3.05) is 31.1 Å². The highest BCUT2D eigenvalue weighted by Crippen LogP contribution is 2.29. The molecule has 5 nitrogen and oxygen atoms in total. The van der Waals surface area contributed by atoms with E-state index in [4.69, 9.17) is 4.98 Å². The van der Waals surface area contributed by atoms with Gasteiger partial charge in [0, 0.05) is 44.1 Å². The Balaban J connectivity index is 1.49. The topological polar surface area (TPSA) is 49.3 Å². The molecule has 1 aromatic carbocycles. The predicted molar refractivity (Wildman–Crippen MR) is 96.6 cm³/mol. The number of nitrogens with zero attached hydrogens (tertiary/aromatic N) is 4. The van der Waals surface area contributed by atoms with Crippen molar-refractivity contribution in [3.05, 3.63) is 54.4 Å². The lowest BCUT2D eigenvalue weighted by Gasteiger charge is -2.21. The molecular formula is C18H18N4OS. The maximum Gasteiger partial charge on any atom is 0.254 e. The molecule has 3 heterocycles. The number of carbonyl (C=O) groups is 1. The average molecular weight is 338 g/mol. The van der Waals surface area contributed by atoms with Crippen molar-refractivity contribution in [3.63, 3.8) is 0 Å². The number of carbonyl (C=O) groups excluding carboxylic acids is 1. The van der Waals surface area contributed by atoms with Gasteiger partial charge in [-0.2, -0.15) is 0 Å². The average Bonchev–Trinajstić information content (AvgIpc) is 2.91. The molecule has 4 rings (SSSR count). The lowest BCUT2D eigenvalue weighted by atomic mass is 10.2. The van der Waals surface area contributed by atoms with Gasteiger partial charge in [0.05, 0.1) is 10.2 Å². The lowest BCUT2D eigenvalue weighted by molar-refractivity contribution is 0.0767. The number of anilines is 1. The van der Waals surface area contributed by atoms with Crippen LogP contribution >= 0.6 is 11.3 Å². The Morgan fingerprint density at radius 1 is 1.00 bits per heavy atom.